The number of carbonyl (C=O) groups excluding carboxylic acids is 2. The average molecular weight is 401 g/mol. The summed E-state index contributed by atoms with van der Waals surface area (Å²) in [5.74, 6) is -0.558. The minimum atomic E-state index is -0.374. The molecule has 0 unspecified atom stereocenters. The summed E-state index contributed by atoms with van der Waals surface area (Å²) in [6, 6.07) is 18.8. The van der Waals surface area contributed by atoms with E-state index >= 15 is 0 Å². The molecular formula is C21H18Cl2N2O2. The van der Waals surface area contributed by atoms with Crippen LogP contribution in [0.15, 0.2) is 60.7 Å². The van der Waals surface area contributed by atoms with Gasteiger partial charge in [-0.1, -0.05) is 59.6 Å². The Morgan fingerprint density at radius 1 is 0.926 bits per heavy atom. The lowest BCUT2D eigenvalue weighted by atomic mass is 10.1. The van der Waals surface area contributed by atoms with Crippen molar-refractivity contribution in [2.24, 2.45) is 0 Å². The largest absolute Gasteiger partial charge is 0.343 e. The third-order valence-corrected chi connectivity index (χ3v) is 4.98. The first kappa shape index (κ1) is 19.2. The molecule has 0 bridgehead atoms. The van der Waals surface area contributed by atoms with Crippen LogP contribution in [0.1, 0.15) is 15.9 Å². The van der Waals surface area contributed by atoms with Crippen LogP contribution in [-0.4, -0.2) is 30.3 Å². The fourth-order valence-electron chi connectivity index (χ4n) is 2.73. The van der Waals surface area contributed by atoms with Crippen molar-refractivity contribution in [1.82, 2.24) is 10.2 Å². The maximum atomic E-state index is 12.3. The number of amides is 2. The Bertz CT molecular complexity index is 1000. The molecule has 3 rings (SSSR count). The lowest BCUT2D eigenvalue weighted by Gasteiger charge is -2.18. The molecule has 0 saturated carbocycles. The molecule has 0 aliphatic carbocycles. The molecular weight excluding hydrogens is 383 g/mol. The highest BCUT2D eigenvalue weighted by molar-refractivity contribution is 6.42. The van der Waals surface area contributed by atoms with Gasteiger partial charge in [-0.15, -0.1) is 0 Å². The number of rotatable bonds is 5. The molecule has 0 saturated heterocycles. The third kappa shape index (κ3) is 4.79. The summed E-state index contributed by atoms with van der Waals surface area (Å²) in [6.07, 6.45) is 0. The van der Waals surface area contributed by atoms with Crippen LogP contribution in [0.5, 0.6) is 0 Å². The number of hydrogen-bond acceptors (Lipinski definition) is 2. The number of nitrogens with zero attached hydrogens (tertiary/aromatic N) is 1. The van der Waals surface area contributed by atoms with E-state index in [0.29, 0.717) is 22.2 Å². The van der Waals surface area contributed by atoms with Crippen LogP contribution in [0.25, 0.3) is 10.8 Å². The van der Waals surface area contributed by atoms with Crippen molar-refractivity contribution >= 4 is 45.8 Å². The van der Waals surface area contributed by atoms with Crippen molar-refractivity contribution in [3.8, 4) is 0 Å². The molecule has 1 N–H and O–H groups in total. The highest BCUT2D eigenvalue weighted by Crippen LogP contribution is 2.22. The number of halogens is 2. The third-order valence-electron chi connectivity index (χ3n) is 4.24. The van der Waals surface area contributed by atoms with Gasteiger partial charge in [0.25, 0.3) is 5.91 Å². The molecule has 0 fully saturated rings. The Morgan fingerprint density at radius 3 is 2.41 bits per heavy atom. The van der Waals surface area contributed by atoms with E-state index in [-0.39, 0.29) is 18.4 Å². The summed E-state index contributed by atoms with van der Waals surface area (Å²) in [7, 11) is 1.71. The highest BCUT2D eigenvalue weighted by atomic mass is 35.5. The number of hydrogen-bond donors (Lipinski definition) is 1. The standard InChI is InChI=1S/C21H18Cl2N2O2/c1-25(13-14-6-7-15-4-2-3-5-16(15)10-14)20(26)12-24-21(27)17-8-9-18(22)19(23)11-17/h2-11H,12-13H2,1H3,(H,24,27). The zero-order valence-corrected chi connectivity index (χ0v) is 16.2. The summed E-state index contributed by atoms with van der Waals surface area (Å²) >= 11 is 11.8. The molecule has 4 nitrogen and oxygen atoms in total. The van der Waals surface area contributed by atoms with Gasteiger partial charge in [-0.2, -0.15) is 0 Å². The van der Waals surface area contributed by atoms with Gasteiger partial charge in [0.15, 0.2) is 0 Å². The monoisotopic (exact) mass is 400 g/mol. The van der Waals surface area contributed by atoms with E-state index in [4.69, 9.17) is 23.2 Å². The fraction of sp³-hybridized carbons (Fsp3) is 0.143. The summed E-state index contributed by atoms with van der Waals surface area (Å²) in [4.78, 5) is 26.1. The quantitative estimate of drug-likeness (QED) is 0.683. The molecule has 3 aromatic carbocycles. The predicted octanol–water partition coefficient (Wildman–Crippen LogP) is 4.54. The van der Waals surface area contributed by atoms with Crippen molar-refractivity contribution in [2.75, 3.05) is 13.6 Å². The summed E-state index contributed by atoms with van der Waals surface area (Å²) in [6.45, 7) is 0.371. The van der Waals surface area contributed by atoms with Crippen molar-refractivity contribution in [3.05, 3.63) is 81.8 Å². The second-order valence-corrected chi connectivity index (χ2v) is 7.06. The van der Waals surface area contributed by atoms with Gasteiger partial charge in [0.1, 0.15) is 0 Å². The van der Waals surface area contributed by atoms with Crippen LogP contribution < -0.4 is 5.32 Å². The summed E-state index contributed by atoms with van der Waals surface area (Å²) in [5.41, 5.74) is 1.38. The second-order valence-electron chi connectivity index (χ2n) is 6.24. The number of benzene rings is 3. The maximum Gasteiger partial charge on any atom is 0.251 e. The highest BCUT2D eigenvalue weighted by Gasteiger charge is 2.13. The Balaban J connectivity index is 1.58. The van der Waals surface area contributed by atoms with E-state index < -0.39 is 0 Å². The smallest absolute Gasteiger partial charge is 0.251 e. The van der Waals surface area contributed by atoms with E-state index in [1.807, 2.05) is 36.4 Å². The molecule has 0 heterocycles. The van der Waals surface area contributed by atoms with Crippen molar-refractivity contribution < 1.29 is 9.59 Å². The van der Waals surface area contributed by atoms with Gasteiger partial charge in [-0.3, -0.25) is 9.59 Å². The Hall–Kier alpha value is -2.56. The molecule has 3 aromatic rings. The van der Waals surface area contributed by atoms with E-state index in [2.05, 4.69) is 11.4 Å². The minimum absolute atomic E-state index is 0.0941. The molecule has 0 atom stereocenters. The molecule has 2 amide bonds. The van der Waals surface area contributed by atoms with E-state index in [1.54, 1.807) is 24.1 Å². The lowest BCUT2D eigenvalue weighted by Crippen LogP contribution is -2.37. The number of likely N-dealkylation sites (N-methyl/N-ethyl adjacent to an activating group) is 1. The topological polar surface area (TPSA) is 49.4 Å². The molecule has 6 heteroatoms. The van der Waals surface area contributed by atoms with Crippen LogP contribution in [0.4, 0.5) is 0 Å². The van der Waals surface area contributed by atoms with Crippen molar-refractivity contribution in [1.29, 1.82) is 0 Å². The van der Waals surface area contributed by atoms with Crippen LogP contribution >= 0.6 is 23.2 Å². The zero-order valence-electron chi connectivity index (χ0n) is 14.7. The van der Waals surface area contributed by atoms with Crippen LogP contribution in [0, 0.1) is 0 Å². The normalized spacial score (nSPS) is 10.6. The Labute approximate surface area is 167 Å². The molecule has 0 aromatic heterocycles. The lowest BCUT2D eigenvalue weighted by molar-refractivity contribution is -0.129. The average Bonchev–Trinajstić information content (AvgIpc) is 2.67. The number of nitrogens with one attached hydrogen (secondary N) is 1. The van der Waals surface area contributed by atoms with Gasteiger partial charge >= 0.3 is 0 Å². The molecule has 0 radical (unpaired) electrons. The molecule has 0 aliphatic rings. The number of carbonyl (C=O) groups is 2. The molecule has 138 valence electrons. The van der Waals surface area contributed by atoms with Crippen LogP contribution in [0.2, 0.25) is 10.0 Å². The van der Waals surface area contributed by atoms with Gasteiger partial charge in [0.2, 0.25) is 5.91 Å². The van der Waals surface area contributed by atoms with E-state index in [0.717, 1.165) is 16.3 Å². The van der Waals surface area contributed by atoms with Gasteiger partial charge < -0.3 is 10.2 Å². The Morgan fingerprint density at radius 2 is 1.67 bits per heavy atom. The first-order valence-electron chi connectivity index (χ1n) is 8.39. The first-order valence-corrected chi connectivity index (χ1v) is 9.14. The van der Waals surface area contributed by atoms with E-state index in [1.165, 1.54) is 6.07 Å². The zero-order chi connectivity index (χ0) is 19.4. The van der Waals surface area contributed by atoms with Gasteiger partial charge in [0, 0.05) is 19.2 Å². The Kier molecular flexibility index (Phi) is 5.99. The second kappa shape index (κ2) is 8.42. The minimum Gasteiger partial charge on any atom is -0.343 e. The summed E-state index contributed by atoms with van der Waals surface area (Å²) < 4.78 is 0. The predicted molar refractivity (Wildman–Crippen MR) is 109 cm³/mol. The molecule has 27 heavy (non-hydrogen) atoms. The SMILES string of the molecule is CN(Cc1ccc2ccccc2c1)C(=O)CNC(=O)c1ccc(Cl)c(Cl)c1. The van der Waals surface area contributed by atoms with Crippen LogP contribution in [-0.2, 0) is 11.3 Å². The van der Waals surface area contributed by atoms with E-state index in [9.17, 15) is 9.59 Å². The molecule has 0 aliphatic heterocycles. The maximum absolute atomic E-state index is 12.3. The molecule has 0 spiro atoms. The van der Waals surface area contributed by atoms with Gasteiger partial charge in [-0.25, -0.2) is 0 Å². The number of fused-ring (bicyclic) bond motifs is 1. The van der Waals surface area contributed by atoms with Crippen molar-refractivity contribution in [3.63, 3.8) is 0 Å². The van der Waals surface area contributed by atoms with Gasteiger partial charge in [0.05, 0.1) is 16.6 Å². The first-order chi connectivity index (χ1) is 12.9. The summed E-state index contributed by atoms with van der Waals surface area (Å²) in [5, 5.41) is 5.56. The van der Waals surface area contributed by atoms with Gasteiger partial charge in [-0.05, 0) is 40.6 Å². The van der Waals surface area contributed by atoms with Crippen molar-refractivity contribution in [2.45, 2.75) is 6.54 Å². The van der Waals surface area contributed by atoms with Crippen LogP contribution in [0.3, 0.4) is 0 Å². The fourth-order valence-corrected chi connectivity index (χ4v) is 3.03.